The zero-order chi connectivity index (χ0) is 11.7. The van der Waals surface area contributed by atoms with Crippen molar-refractivity contribution in [2.24, 2.45) is 7.05 Å². The standard InChI is InChI=1S/C12H13BrN2O/c1-8-3-4-9(10(13)7-8)12(16)11-5-6-14-15(11)2/h3-7,12,16H,1-2H3. The summed E-state index contributed by atoms with van der Waals surface area (Å²) in [6.45, 7) is 2.02. The van der Waals surface area contributed by atoms with Crippen molar-refractivity contribution in [1.29, 1.82) is 0 Å². The van der Waals surface area contributed by atoms with Gasteiger partial charge in [0, 0.05) is 23.3 Å². The summed E-state index contributed by atoms with van der Waals surface area (Å²) in [7, 11) is 1.82. The van der Waals surface area contributed by atoms with Crippen LogP contribution in [0.5, 0.6) is 0 Å². The lowest BCUT2D eigenvalue weighted by atomic mass is 10.1. The van der Waals surface area contributed by atoms with Crippen molar-refractivity contribution in [3.05, 3.63) is 51.8 Å². The van der Waals surface area contributed by atoms with Crippen molar-refractivity contribution < 1.29 is 5.11 Å². The van der Waals surface area contributed by atoms with Crippen LogP contribution >= 0.6 is 15.9 Å². The fourth-order valence-corrected chi connectivity index (χ4v) is 2.38. The molecule has 0 aliphatic heterocycles. The molecule has 2 aromatic rings. The Morgan fingerprint density at radius 2 is 2.12 bits per heavy atom. The summed E-state index contributed by atoms with van der Waals surface area (Å²) in [6, 6.07) is 7.72. The third-order valence-electron chi connectivity index (χ3n) is 2.59. The van der Waals surface area contributed by atoms with Crippen LogP contribution in [0.3, 0.4) is 0 Å². The van der Waals surface area contributed by atoms with Gasteiger partial charge in [-0.3, -0.25) is 4.68 Å². The van der Waals surface area contributed by atoms with Gasteiger partial charge in [-0.05, 0) is 24.6 Å². The van der Waals surface area contributed by atoms with Crippen molar-refractivity contribution in [3.63, 3.8) is 0 Å². The quantitative estimate of drug-likeness (QED) is 0.918. The lowest BCUT2D eigenvalue weighted by Gasteiger charge is -2.13. The second-order valence-corrected chi connectivity index (χ2v) is 4.66. The monoisotopic (exact) mass is 280 g/mol. The minimum atomic E-state index is -0.650. The van der Waals surface area contributed by atoms with Crippen LogP contribution in [0.15, 0.2) is 34.9 Å². The van der Waals surface area contributed by atoms with E-state index in [1.54, 1.807) is 10.9 Å². The molecule has 1 unspecified atom stereocenters. The Morgan fingerprint density at radius 1 is 1.38 bits per heavy atom. The average Bonchev–Trinajstić information content (AvgIpc) is 2.63. The molecule has 2 rings (SSSR count). The smallest absolute Gasteiger partial charge is 0.122 e. The fourth-order valence-electron chi connectivity index (χ4n) is 1.67. The minimum absolute atomic E-state index is 0.650. The van der Waals surface area contributed by atoms with Gasteiger partial charge in [-0.25, -0.2) is 0 Å². The number of aryl methyl sites for hydroxylation is 2. The predicted molar refractivity (Wildman–Crippen MR) is 66.1 cm³/mol. The van der Waals surface area contributed by atoms with Gasteiger partial charge in [-0.15, -0.1) is 0 Å². The summed E-state index contributed by atoms with van der Waals surface area (Å²) in [6.07, 6.45) is 1.03. The number of benzene rings is 1. The third kappa shape index (κ3) is 2.03. The van der Waals surface area contributed by atoms with Crippen LogP contribution in [0, 0.1) is 6.92 Å². The molecule has 0 saturated heterocycles. The Balaban J connectivity index is 2.41. The van der Waals surface area contributed by atoms with E-state index in [0.717, 1.165) is 21.3 Å². The van der Waals surface area contributed by atoms with Crippen LogP contribution in [0.2, 0.25) is 0 Å². The van der Waals surface area contributed by atoms with E-state index in [2.05, 4.69) is 21.0 Å². The van der Waals surface area contributed by atoms with Gasteiger partial charge < -0.3 is 5.11 Å². The molecule has 0 saturated carbocycles. The topological polar surface area (TPSA) is 38.1 Å². The number of hydrogen-bond donors (Lipinski definition) is 1. The number of hydrogen-bond acceptors (Lipinski definition) is 2. The van der Waals surface area contributed by atoms with E-state index in [9.17, 15) is 5.11 Å². The maximum absolute atomic E-state index is 10.2. The zero-order valence-electron chi connectivity index (χ0n) is 9.18. The van der Waals surface area contributed by atoms with E-state index in [0.29, 0.717) is 0 Å². The van der Waals surface area contributed by atoms with Crippen molar-refractivity contribution in [2.75, 3.05) is 0 Å². The van der Waals surface area contributed by atoms with Crippen LogP contribution in [0.4, 0.5) is 0 Å². The highest BCUT2D eigenvalue weighted by Gasteiger charge is 2.16. The first kappa shape index (κ1) is 11.4. The van der Waals surface area contributed by atoms with Crippen molar-refractivity contribution in [1.82, 2.24) is 9.78 Å². The number of aliphatic hydroxyl groups excluding tert-OH is 1. The summed E-state index contributed by atoms with van der Waals surface area (Å²) < 4.78 is 2.60. The second kappa shape index (κ2) is 4.39. The Bertz CT molecular complexity index is 507. The van der Waals surface area contributed by atoms with Gasteiger partial charge in [0.15, 0.2) is 0 Å². The molecule has 0 amide bonds. The van der Waals surface area contributed by atoms with Gasteiger partial charge in [0.25, 0.3) is 0 Å². The number of nitrogens with zero attached hydrogens (tertiary/aromatic N) is 2. The van der Waals surface area contributed by atoms with E-state index >= 15 is 0 Å². The SMILES string of the molecule is Cc1ccc(C(O)c2ccnn2C)c(Br)c1. The number of rotatable bonds is 2. The van der Waals surface area contributed by atoms with Crippen molar-refractivity contribution in [3.8, 4) is 0 Å². The molecule has 1 atom stereocenters. The van der Waals surface area contributed by atoms with Crippen LogP contribution in [0.25, 0.3) is 0 Å². The fraction of sp³-hybridized carbons (Fsp3) is 0.250. The predicted octanol–water partition coefficient (Wildman–Crippen LogP) is 2.57. The molecule has 4 heteroatoms. The third-order valence-corrected chi connectivity index (χ3v) is 3.28. The Morgan fingerprint density at radius 3 is 2.69 bits per heavy atom. The minimum Gasteiger partial charge on any atom is -0.382 e. The largest absolute Gasteiger partial charge is 0.382 e. The van der Waals surface area contributed by atoms with E-state index in [-0.39, 0.29) is 0 Å². The van der Waals surface area contributed by atoms with E-state index in [1.165, 1.54) is 0 Å². The summed E-state index contributed by atoms with van der Waals surface area (Å²) in [5.41, 5.74) is 2.80. The van der Waals surface area contributed by atoms with Gasteiger partial charge in [-0.1, -0.05) is 28.1 Å². The molecule has 84 valence electrons. The molecule has 0 fully saturated rings. The molecule has 3 nitrogen and oxygen atoms in total. The highest BCUT2D eigenvalue weighted by atomic mass is 79.9. The molecular weight excluding hydrogens is 268 g/mol. The Kier molecular flexibility index (Phi) is 3.12. The first-order chi connectivity index (χ1) is 7.59. The number of halogens is 1. The highest BCUT2D eigenvalue weighted by Crippen LogP contribution is 2.28. The summed E-state index contributed by atoms with van der Waals surface area (Å²) in [4.78, 5) is 0. The molecular formula is C12H13BrN2O. The first-order valence-corrected chi connectivity index (χ1v) is 5.81. The first-order valence-electron chi connectivity index (χ1n) is 5.01. The number of aromatic nitrogens is 2. The molecule has 0 radical (unpaired) electrons. The zero-order valence-corrected chi connectivity index (χ0v) is 10.8. The molecule has 0 aliphatic rings. The summed E-state index contributed by atoms with van der Waals surface area (Å²) >= 11 is 3.47. The molecule has 1 N–H and O–H groups in total. The van der Waals surface area contributed by atoms with Gasteiger partial charge in [0.05, 0.1) is 5.69 Å². The highest BCUT2D eigenvalue weighted by molar-refractivity contribution is 9.10. The van der Waals surface area contributed by atoms with Crippen molar-refractivity contribution in [2.45, 2.75) is 13.0 Å². The maximum Gasteiger partial charge on any atom is 0.122 e. The molecule has 0 aliphatic carbocycles. The molecule has 1 aromatic heterocycles. The van der Waals surface area contributed by atoms with Crippen LogP contribution in [-0.2, 0) is 7.05 Å². The summed E-state index contributed by atoms with van der Waals surface area (Å²) in [5, 5.41) is 14.3. The summed E-state index contributed by atoms with van der Waals surface area (Å²) in [5.74, 6) is 0. The van der Waals surface area contributed by atoms with E-state index in [1.807, 2.05) is 38.2 Å². The Hall–Kier alpha value is -1.13. The average molecular weight is 281 g/mol. The van der Waals surface area contributed by atoms with Gasteiger partial charge in [-0.2, -0.15) is 5.10 Å². The van der Waals surface area contributed by atoms with Gasteiger partial charge >= 0.3 is 0 Å². The van der Waals surface area contributed by atoms with E-state index in [4.69, 9.17) is 0 Å². The van der Waals surface area contributed by atoms with Crippen molar-refractivity contribution >= 4 is 15.9 Å². The lowest BCUT2D eigenvalue weighted by molar-refractivity contribution is 0.209. The molecule has 0 spiro atoms. The van der Waals surface area contributed by atoms with Crippen LogP contribution in [0.1, 0.15) is 22.9 Å². The van der Waals surface area contributed by atoms with Crippen LogP contribution < -0.4 is 0 Å². The van der Waals surface area contributed by atoms with Gasteiger partial charge in [0.1, 0.15) is 6.10 Å². The molecule has 1 aromatic carbocycles. The van der Waals surface area contributed by atoms with Crippen LogP contribution in [-0.4, -0.2) is 14.9 Å². The number of aliphatic hydroxyl groups is 1. The molecule has 0 bridgehead atoms. The normalized spacial score (nSPS) is 12.8. The maximum atomic E-state index is 10.2. The molecule has 1 heterocycles. The van der Waals surface area contributed by atoms with E-state index < -0.39 is 6.10 Å². The Labute approximate surface area is 103 Å². The lowest BCUT2D eigenvalue weighted by Crippen LogP contribution is -2.07. The van der Waals surface area contributed by atoms with Gasteiger partial charge in [0.2, 0.25) is 0 Å². The second-order valence-electron chi connectivity index (χ2n) is 3.81. The molecule has 16 heavy (non-hydrogen) atoms.